The number of hydrogen-bond donors (Lipinski definition) is 1. The van der Waals surface area contributed by atoms with Gasteiger partial charge in [0.15, 0.2) is 5.82 Å². The molecule has 0 bridgehead atoms. The zero-order chi connectivity index (χ0) is 17.1. The third-order valence-corrected chi connectivity index (χ3v) is 3.60. The van der Waals surface area contributed by atoms with Crippen LogP contribution in [0.4, 0.5) is 0 Å². The molecule has 0 aliphatic rings. The molecule has 5 nitrogen and oxygen atoms in total. The van der Waals surface area contributed by atoms with Crippen molar-refractivity contribution in [1.82, 2.24) is 14.8 Å². The van der Waals surface area contributed by atoms with E-state index >= 15 is 0 Å². The molecule has 1 amide bonds. The van der Waals surface area contributed by atoms with E-state index in [-0.39, 0.29) is 0 Å². The number of primary amides is 1. The fraction of sp³-hybridized carbons (Fsp3) is 0.105. The summed E-state index contributed by atoms with van der Waals surface area (Å²) in [6, 6.07) is 15.4. The molecule has 2 aromatic carbocycles. The zero-order valence-electron chi connectivity index (χ0n) is 13.6. The number of nitrogens with two attached hydrogens (primary N) is 1. The quantitative estimate of drug-likeness (QED) is 0.751. The second kappa shape index (κ2) is 6.50. The Morgan fingerprint density at radius 1 is 1.08 bits per heavy atom. The molecule has 0 saturated carbocycles. The molecule has 3 rings (SSSR count). The normalized spacial score (nSPS) is 11.5. The van der Waals surface area contributed by atoms with Gasteiger partial charge in [0.05, 0.1) is 5.57 Å². The fourth-order valence-electron chi connectivity index (χ4n) is 2.60. The molecule has 0 saturated heterocycles. The Bertz CT molecular complexity index is 890. The molecule has 2 N–H and O–H groups in total. The predicted molar refractivity (Wildman–Crippen MR) is 94.7 cm³/mol. The highest BCUT2D eigenvalue weighted by atomic mass is 16.1. The first-order valence-corrected chi connectivity index (χ1v) is 7.60. The van der Waals surface area contributed by atoms with Gasteiger partial charge in [0.25, 0.3) is 5.91 Å². The second-order valence-electron chi connectivity index (χ2n) is 5.70. The lowest BCUT2D eigenvalue weighted by molar-refractivity contribution is -0.112. The molecule has 0 spiro atoms. The van der Waals surface area contributed by atoms with Gasteiger partial charge in [-0.1, -0.05) is 47.5 Å². The van der Waals surface area contributed by atoms with Crippen molar-refractivity contribution in [1.29, 1.82) is 0 Å². The molecular formula is C19H18N4O. The highest BCUT2D eigenvalue weighted by Crippen LogP contribution is 2.19. The Hall–Kier alpha value is -3.21. The summed E-state index contributed by atoms with van der Waals surface area (Å²) in [5.41, 5.74) is 9.88. The summed E-state index contributed by atoms with van der Waals surface area (Å²) in [6.07, 6.45) is 3.16. The molecule has 0 aliphatic carbocycles. The van der Waals surface area contributed by atoms with Crippen LogP contribution in [0.15, 0.2) is 54.9 Å². The molecule has 5 heteroatoms. The van der Waals surface area contributed by atoms with Crippen molar-refractivity contribution in [2.24, 2.45) is 5.73 Å². The van der Waals surface area contributed by atoms with Gasteiger partial charge in [-0.25, -0.2) is 9.67 Å². The Kier molecular flexibility index (Phi) is 4.24. The van der Waals surface area contributed by atoms with Crippen molar-refractivity contribution in [3.8, 4) is 11.4 Å². The van der Waals surface area contributed by atoms with E-state index in [1.165, 1.54) is 4.68 Å². The number of rotatable bonds is 4. The van der Waals surface area contributed by atoms with Crippen molar-refractivity contribution in [2.75, 3.05) is 0 Å². The Balaban J connectivity index is 1.99. The first-order valence-electron chi connectivity index (χ1n) is 7.60. The highest BCUT2D eigenvalue weighted by molar-refractivity contribution is 6.22. The van der Waals surface area contributed by atoms with Crippen LogP contribution >= 0.6 is 0 Å². The number of benzene rings is 2. The van der Waals surface area contributed by atoms with Gasteiger partial charge >= 0.3 is 0 Å². The smallest absolute Gasteiger partial charge is 0.250 e. The number of carbonyl (C=O) groups is 1. The second-order valence-corrected chi connectivity index (χ2v) is 5.70. The number of carbonyl (C=O) groups excluding carboxylic acids is 1. The van der Waals surface area contributed by atoms with Crippen LogP contribution in [-0.2, 0) is 4.79 Å². The average Bonchev–Trinajstić information content (AvgIpc) is 3.01. The van der Waals surface area contributed by atoms with Crippen LogP contribution in [0.25, 0.3) is 23.2 Å². The zero-order valence-corrected chi connectivity index (χ0v) is 13.6. The van der Waals surface area contributed by atoms with E-state index < -0.39 is 5.91 Å². The minimum absolute atomic E-state index is 0.382. The van der Waals surface area contributed by atoms with Gasteiger partial charge in [0, 0.05) is 11.8 Å². The van der Waals surface area contributed by atoms with E-state index in [0.29, 0.717) is 11.4 Å². The summed E-state index contributed by atoms with van der Waals surface area (Å²) >= 11 is 0. The van der Waals surface area contributed by atoms with Crippen LogP contribution in [0.3, 0.4) is 0 Å². The Morgan fingerprint density at radius 2 is 1.75 bits per heavy atom. The van der Waals surface area contributed by atoms with Crippen LogP contribution < -0.4 is 5.73 Å². The molecule has 24 heavy (non-hydrogen) atoms. The van der Waals surface area contributed by atoms with Crippen LogP contribution in [-0.4, -0.2) is 20.7 Å². The van der Waals surface area contributed by atoms with E-state index in [4.69, 9.17) is 5.73 Å². The van der Waals surface area contributed by atoms with E-state index in [1.54, 1.807) is 12.5 Å². The molecule has 0 aliphatic heterocycles. The molecule has 0 radical (unpaired) electrons. The van der Waals surface area contributed by atoms with Crippen molar-refractivity contribution >= 4 is 17.7 Å². The van der Waals surface area contributed by atoms with Gasteiger partial charge in [0.1, 0.15) is 6.33 Å². The molecule has 1 aromatic heterocycles. The molecule has 0 unspecified atom stereocenters. The summed E-state index contributed by atoms with van der Waals surface area (Å²) < 4.78 is 1.51. The van der Waals surface area contributed by atoms with Crippen molar-refractivity contribution < 1.29 is 4.79 Å². The standard InChI is InChI=1S/C19H18N4O/c1-13-8-14(2)10-16(9-13)19-21-12-23(22-19)11-17(18(20)24)15-6-4-3-5-7-15/h3-12H,1-2H3,(H2,20,24)/b17-11-. The molecule has 0 fully saturated rings. The van der Waals surface area contributed by atoms with Gasteiger partial charge < -0.3 is 5.73 Å². The van der Waals surface area contributed by atoms with Crippen LogP contribution in [0.5, 0.6) is 0 Å². The molecule has 1 heterocycles. The van der Waals surface area contributed by atoms with Gasteiger partial charge in [-0.3, -0.25) is 4.79 Å². The SMILES string of the molecule is Cc1cc(C)cc(-c2ncn(/C=C(\C(N)=O)c3ccccc3)n2)c1. The first kappa shape index (κ1) is 15.7. The number of nitrogens with zero attached hydrogens (tertiary/aromatic N) is 3. The van der Waals surface area contributed by atoms with E-state index in [0.717, 1.165) is 22.3 Å². The van der Waals surface area contributed by atoms with Crippen molar-refractivity contribution in [3.63, 3.8) is 0 Å². The number of aromatic nitrogens is 3. The summed E-state index contributed by atoms with van der Waals surface area (Å²) in [7, 11) is 0. The van der Waals surface area contributed by atoms with Crippen LogP contribution in [0.2, 0.25) is 0 Å². The number of hydrogen-bond acceptors (Lipinski definition) is 3. The molecular weight excluding hydrogens is 300 g/mol. The topological polar surface area (TPSA) is 73.8 Å². The predicted octanol–water partition coefficient (Wildman–Crippen LogP) is 3.05. The van der Waals surface area contributed by atoms with E-state index in [1.807, 2.05) is 56.3 Å². The minimum Gasteiger partial charge on any atom is -0.366 e. The van der Waals surface area contributed by atoms with Crippen LogP contribution in [0.1, 0.15) is 16.7 Å². The summed E-state index contributed by atoms with van der Waals surface area (Å²) in [4.78, 5) is 16.1. The fourth-order valence-corrected chi connectivity index (χ4v) is 2.60. The third kappa shape index (κ3) is 3.41. The average molecular weight is 318 g/mol. The van der Waals surface area contributed by atoms with Gasteiger partial charge in [-0.2, -0.15) is 0 Å². The van der Waals surface area contributed by atoms with Crippen molar-refractivity contribution in [2.45, 2.75) is 13.8 Å². The van der Waals surface area contributed by atoms with Crippen LogP contribution in [0, 0.1) is 13.8 Å². The lowest BCUT2D eigenvalue weighted by Gasteiger charge is -2.03. The van der Waals surface area contributed by atoms with Crippen molar-refractivity contribution in [3.05, 3.63) is 71.5 Å². The van der Waals surface area contributed by atoms with E-state index in [2.05, 4.69) is 16.1 Å². The Labute approximate surface area is 140 Å². The van der Waals surface area contributed by atoms with Gasteiger partial charge in [-0.15, -0.1) is 5.10 Å². The monoisotopic (exact) mass is 318 g/mol. The maximum Gasteiger partial charge on any atom is 0.250 e. The summed E-state index contributed by atoms with van der Waals surface area (Å²) in [5, 5.41) is 4.43. The molecule has 120 valence electrons. The molecule has 3 aromatic rings. The van der Waals surface area contributed by atoms with E-state index in [9.17, 15) is 4.79 Å². The highest BCUT2D eigenvalue weighted by Gasteiger charge is 2.10. The van der Waals surface area contributed by atoms with Gasteiger partial charge in [0.2, 0.25) is 0 Å². The maximum atomic E-state index is 11.8. The minimum atomic E-state index is -0.510. The number of amides is 1. The third-order valence-electron chi connectivity index (χ3n) is 3.60. The maximum absolute atomic E-state index is 11.8. The first-order chi connectivity index (χ1) is 11.5. The van der Waals surface area contributed by atoms with Gasteiger partial charge in [-0.05, 0) is 31.5 Å². The Morgan fingerprint density at radius 3 is 2.38 bits per heavy atom. The number of aryl methyl sites for hydroxylation is 2. The lowest BCUT2D eigenvalue weighted by atomic mass is 10.1. The largest absolute Gasteiger partial charge is 0.366 e. The lowest BCUT2D eigenvalue weighted by Crippen LogP contribution is -2.13. The molecule has 0 atom stereocenters. The summed E-state index contributed by atoms with van der Waals surface area (Å²) in [6.45, 7) is 4.07. The summed E-state index contributed by atoms with van der Waals surface area (Å²) in [5.74, 6) is 0.0968.